The first-order valence-corrected chi connectivity index (χ1v) is 19.4. The van der Waals surface area contributed by atoms with E-state index in [1.807, 2.05) is 89.6 Å². The molecule has 0 spiro atoms. The van der Waals surface area contributed by atoms with Crippen LogP contribution in [0.2, 0.25) is 0 Å². The molecule has 0 saturated heterocycles. The quantitative estimate of drug-likeness (QED) is 0.137. The smallest absolute Gasteiger partial charge is 0.277 e. The lowest BCUT2D eigenvalue weighted by Gasteiger charge is -2.07. The molecule has 6 heterocycles. The molecule has 0 atom stereocenters. The van der Waals surface area contributed by atoms with Crippen molar-refractivity contribution >= 4 is 61.6 Å². The third-order valence-electron chi connectivity index (χ3n) is 9.92. The molecule has 0 saturated carbocycles. The predicted molar refractivity (Wildman–Crippen MR) is 232 cm³/mol. The van der Waals surface area contributed by atoms with E-state index in [2.05, 4.69) is 63.3 Å². The Balaban J connectivity index is 0.000000158. The van der Waals surface area contributed by atoms with Gasteiger partial charge in [0.05, 0.1) is 48.2 Å². The van der Waals surface area contributed by atoms with Crippen molar-refractivity contribution < 1.29 is 18.8 Å². The molecule has 10 rings (SSSR count). The average Bonchev–Trinajstić information content (AvgIpc) is 3.89. The van der Waals surface area contributed by atoms with Crippen molar-refractivity contribution in [3.8, 4) is 22.5 Å². The van der Waals surface area contributed by atoms with Crippen molar-refractivity contribution in [2.75, 3.05) is 12.4 Å². The normalized spacial score (nSPS) is 11.1. The molecule has 0 aliphatic carbocycles. The molecular weight excluding hydrogens is 788 g/mol. The standard InChI is InChI=1S/C23H17FN6O2.C23H18N6O/c1-32-28-23(31)17-6-5-16(12-18(17)24)20-8-9-21-22(26-20)30(29-27-21)13-14-4-7-19-15(11-14)3-2-10-25-19;1-15(30)25-19-7-5-17(6-8-19)21-10-11-22-23(26-21)29(28-27-22)14-16-4-9-20-18(13-16)3-2-12-24-20/h2-12H,13H2,1H3,(H,28,31);2-13H,14H2,1H3,(H,25,30). The molecule has 2 N–H and O–H groups in total. The molecule has 16 heteroatoms. The van der Waals surface area contributed by atoms with Crippen molar-refractivity contribution in [2.24, 2.45) is 0 Å². The number of hydrogen-bond donors (Lipinski definition) is 2. The minimum atomic E-state index is -0.671. The number of benzene rings is 4. The summed E-state index contributed by atoms with van der Waals surface area (Å²) in [4.78, 5) is 45.7. The molecule has 0 fully saturated rings. The van der Waals surface area contributed by atoms with Gasteiger partial charge >= 0.3 is 0 Å². The summed E-state index contributed by atoms with van der Waals surface area (Å²) in [5.74, 6) is -1.43. The Kier molecular flexibility index (Phi) is 10.8. The van der Waals surface area contributed by atoms with Crippen molar-refractivity contribution in [3.05, 3.63) is 162 Å². The number of rotatable bonds is 9. The Labute approximate surface area is 352 Å². The fraction of sp³-hybridized carbons (Fsp3) is 0.0870. The van der Waals surface area contributed by atoms with E-state index in [1.54, 1.807) is 35.3 Å². The summed E-state index contributed by atoms with van der Waals surface area (Å²) >= 11 is 0. The molecule has 0 aliphatic heterocycles. The van der Waals surface area contributed by atoms with Gasteiger partial charge in [0.1, 0.15) is 16.9 Å². The lowest BCUT2D eigenvalue weighted by Crippen LogP contribution is -2.22. The maximum Gasteiger partial charge on any atom is 0.277 e. The van der Waals surface area contributed by atoms with Gasteiger partial charge in [-0.3, -0.25) is 24.4 Å². The average molecular weight is 823 g/mol. The van der Waals surface area contributed by atoms with Crippen molar-refractivity contribution in [3.63, 3.8) is 0 Å². The Morgan fingerprint density at radius 2 is 1.16 bits per heavy atom. The van der Waals surface area contributed by atoms with Crippen LogP contribution in [0.25, 0.3) is 66.6 Å². The topological polar surface area (TPSA) is 180 Å². The minimum Gasteiger partial charge on any atom is -0.326 e. The van der Waals surface area contributed by atoms with Crippen LogP contribution >= 0.6 is 0 Å². The van der Waals surface area contributed by atoms with Crippen molar-refractivity contribution in [1.82, 2.24) is 55.4 Å². The van der Waals surface area contributed by atoms with E-state index < -0.39 is 11.7 Å². The fourth-order valence-corrected chi connectivity index (χ4v) is 6.97. The Bertz CT molecular complexity index is 3280. The molecule has 10 aromatic rings. The first kappa shape index (κ1) is 39.1. The third-order valence-corrected chi connectivity index (χ3v) is 9.92. The van der Waals surface area contributed by atoms with Crippen molar-refractivity contribution in [2.45, 2.75) is 20.0 Å². The van der Waals surface area contributed by atoms with E-state index >= 15 is 0 Å². The molecule has 0 aliphatic rings. The number of fused-ring (bicyclic) bond motifs is 4. The van der Waals surface area contributed by atoms with Gasteiger partial charge in [-0.15, -0.1) is 10.2 Å². The number of hydrogen-bond acceptors (Lipinski definition) is 11. The van der Waals surface area contributed by atoms with Gasteiger partial charge in [-0.2, -0.15) is 0 Å². The Morgan fingerprint density at radius 3 is 1.69 bits per heavy atom. The monoisotopic (exact) mass is 822 g/mol. The van der Waals surface area contributed by atoms with Crippen LogP contribution in [0.3, 0.4) is 0 Å². The Morgan fingerprint density at radius 1 is 0.629 bits per heavy atom. The highest BCUT2D eigenvalue weighted by Gasteiger charge is 2.15. The van der Waals surface area contributed by atoms with E-state index in [0.717, 1.165) is 61.0 Å². The first-order valence-electron chi connectivity index (χ1n) is 19.4. The van der Waals surface area contributed by atoms with E-state index in [9.17, 15) is 14.0 Å². The molecule has 4 aromatic carbocycles. The second-order valence-corrected chi connectivity index (χ2v) is 14.2. The number of carbonyl (C=O) groups excluding carboxylic acids is 2. The number of nitrogens with one attached hydrogen (secondary N) is 2. The van der Waals surface area contributed by atoms with E-state index in [0.29, 0.717) is 35.5 Å². The zero-order valence-corrected chi connectivity index (χ0v) is 33.3. The number of pyridine rings is 4. The van der Waals surface area contributed by atoms with Crippen LogP contribution < -0.4 is 10.8 Å². The van der Waals surface area contributed by atoms with Crippen LogP contribution in [-0.4, -0.2) is 68.8 Å². The lowest BCUT2D eigenvalue weighted by molar-refractivity contribution is -0.114. The molecule has 2 amide bonds. The van der Waals surface area contributed by atoms with Crippen LogP contribution in [0.4, 0.5) is 10.1 Å². The van der Waals surface area contributed by atoms with E-state index in [-0.39, 0.29) is 11.5 Å². The number of amides is 2. The molecular formula is C46H35FN12O3. The number of nitrogens with zero attached hydrogens (tertiary/aromatic N) is 10. The zero-order chi connectivity index (χ0) is 42.6. The highest BCUT2D eigenvalue weighted by atomic mass is 19.1. The van der Waals surface area contributed by atoms with Gasteiger partial charge in [-0.1, -0.05) is 52.9 Å². The molecule has 0 radical (unpaired) electrons. The van der Waals surface area contributed by atoms with Gasteiger partial charge in [0.15, 0.2) is 11.3 Å². The second-order valence-electron chi connectivity index (χ2n) is 14.2. The maximum absolute atomic E-state index is 14.5. The van der Waals surface area contributed by atoms with Crippen LogP contribution in [-0.2, 0) is 22.7 Å². The maximum atomic E-state index is 14.5. The highest BCUT2D eigenvalue weighted by molar-refractivity contribution is 5.94. The van der Waals surface area contributed by atoms with Crippen LogP contribution in [0.15, 0.2) is 140 Å². The summed E-state index contributed by atoms with van der Waals surface area (Å²) in [6.45, 7) is 2.53. The number of hydroxylamine groups is 1. The number of carbonyl (C=O) groups is 2. The number of aromatic nitrogens is 10. The summed E-state index contributed by atoms with van der Waals surface area (Å²) in [5, 5.41) is 21.9. The summed E-state index contributed by atoms with van der Waals surface area (Å²) in [5.41, 5.74) is 12.3. The highest BCUT2D eigenvalue weighted by Crippen LogP contribution is 2.25. The minimum absolute atomic E-state index is 0.0956. The van der Waals surface area contributed by atoms with Crippen molar-refractivity contribution in [1.29, 1.82) is 0 Å². The SMILES string of the molecule is CC(=O)Nc1ccc(-c2ccc3nnn(Cc4ccc5ncccc5c4)c3n2)cc1.CONC(=O)c1ccc(-c2ccc3nnn(Cc4ccc5ncccc5c4)c3n2)cc1F. The molecule has 0 bridgehead atoms. The van der Waals surface area contributed by atoms with Gasteiger partial charge in [0.2, 0.25) is 5.91 Å². The zero-order valence-electron chi connectivity index (χ0n) is 33.3. The summed E-state index contributed by atoms with van der Waals surface area (Å²) < 4.78 is 18.0. The summed E-state index contributed by atoms with van der Waals surface area (Å²) in [6, 6.07) is 39.3. The van der Waals surface area contributed by atoms with Gasteiger partial charge in [-0.05, 0) is 96.1 Å². The van der Waals surface area contributed by atoms with Crippen LogP contribution in [0.5, 0.6) is 0 Å². The Hall–Kier alpha value is -8.37. The number of halogens is 1. The fourth-order valence-electron chi connectivity index (χ4n) is 6.97. The van der Waals surface area contributed by atoms with Gasteiger partial charge in [0, 0.05) is 46.9 Å². The first-order chi connectivity index (χ1) is 30.3. The number of anilines is 1. The van der Waals surface area contributed by atoms with Gasteiger partial charge < -0.3 is 5.32 Å². The summed E-state index contributed by atoms with van der Waals surface area (Å²) in [7, 11) is 1.29. The molecule has 15 nitrogen and oxygen atoms in total. The van der Waals surface area contributed by atoms with Crippen LogP contribution in [0.1, 0.15) is 28.4 Å². The second kappa shape index (κ2) is 17.1. The van der Waals surface area contributed by atoms with Crippen LogP contribution in [0, 0.1) is 5.82 Å². The van der Waals surface area contributed by atoms with Gasteiger partial charge in [-0.25, -0.2) is 29.2 Å². The molecule has 0 unspecified atom stereocenters. The largest absolute Gasteiger partial charge is 0.326 e. The predicted octanol–water partition coefficient (Wildman–Crippen LogP) is 7.57. The molecule has 6 aromatic heterocycles. The molecule has 62 heavy (non-hydrogen) atoms. The van der Waals surface area contributed by atoms with E-state index in [4.69, 9.17) is 4.98 Å². The lowest BCUT2D eigenvalue weighted by atomic mass is 10.1. The molecule has 304 valence electrons. The third kappa shape index (κ3) is 8.39. The van der Waals surface area contributed by atoms with Gasteiger partial charge in [0.25, 0.3) is 5.91 Å². The summed E-state index contributed by atoms with van der Waals surface area (Å²) in [6.07, 6.45) is 3.55. The van der Waals surface area contributed by atoms with E-state index in [1.165, 1.54) is 26.2 Å².